The molecule has 3 aromatic rings. The zero-order chi connectivity index (χ0) is 18.4. The Morgan fingerprint density at radius 1 is 1.08 bits per heavy atom. The lowest BCUT2D eigenvalue weighted by molar-refractivity contribution is 0.146. The van der Waals surface area contributed by atoms with Crippen molar-refractivity contribution >= 4 is 35.0 Å². The molecule has 0 N–H and O–H groups in total. The van der Waals surface area contributed by atoms with E-state index in [1.165, 1.54) is 5.56 Å². The molecule has 0 unspecified atom stereocenters. The maximum absolute atomic E-state index is 6.42. The summed E-state index contributed by atoms with van der Waals surface area (Å²) >= 11 is 14.3. The topological polar surface area (TPSA) is 36.3 Å². The minimum absolute atomic E-state index is 0.414. The second kappa shape index (κ2) is 9.33. The molecule has 0 aliphatic heterocycles. The van der Waals surface area contributed by atoms with E-state index in [2.05, 4.69) is 17.1 Å². The summed E-state index contributed by atoms with van der Waals surface area (Å²) in [6.07, 6.45) is 3.63. The number of hydrogen-bond donors (Lipinski definition) is 0. The van der Waals surface area contributed by atoms with Gasteiger partial charge in [-0.1, -0.05) is 65.3 Å². The Bertz CT molecular complexity index is 856. The molecule has 0 fully saturated rings. The van der Waals surface area contributed by atoms with Gasteiger partial charge >= 0.3 is 0 Å². The van der Waals surface area contributed by atoms with Gasteiger partial charge in [0.15, 0.2) is 5.16 Å². The van der Waals surface area contributed by atoms with Gasteiger partial charge in [0.1, 0.15) is 12.4 Å². The minimum Gasteiger partial charge on any atom is -0.490 e. The average Bonchev–Trinajstić information content (AvgIpc) is 3.11. The van der Waals surface area contributed by atoms with Crippen LogP contribution in [0.25, 0.3) is 5.69 Å². The standard InChI is InChI=1S/C19H18Cl2N2O2S/c1-24-9-10-25-18-12-17(15(20)11-16(18)21)23-8-7-22-19(23)26-13-14-5-3-2-4-6-14/h2-8,11-12H,9-10,13H2,1H3. The van der Waals surface area contributed by atoms with Crippen LogP contribution in [0.15, 0.2) is 60.0 Å². The zero-order valence-electron chi connectivity index (χ0n) is 14.2. The summed E-state index contributed by atoms with van der Waals surface area (Å²) < 4.78 is 12.6. The van der Waals surface area contributed by atoms with Crippen molar-refractivity contribution in [2.45, 2.75) is 10.9 Å². The first-order valence-electron chi connectivity index (χ1n) is 8.00. The Kier molecular flexibility index (Phi) is 6.86. The largest absolute Gasteiger partial charge is 0.490 e. The molecule has 0 amide bonds. The van der Waals surface area contributed by atoms with E-state index in [1.54, 1.807) is 31.1 Å². The summed E-state index contributed by atoms with van der Waals surface area (Å²) in [5, 5.41) is 1.85. The number of nitrogens with zero attached hydrogens (tertiary/aromatic N) is 2. The van der Waals surface area contributed by atoms with Gasteiger partial charge in [0.05, 0.1) is 22.3 Å². The fraction of sp³-hybridized carbons (Fsp3) is 0.211. The van der Waals surface area contributed by atoms with Crippen LogP contribution in [-0.4, -0.2) is 29.9 Å². The van der Waals surface area contributed by atoms with Crippen LogP contribution in [0.1, 0.15) is 5.56 Å². The molecule has 0 aliphatic rings. The maximum Gasteiger partial charge on any atom is 0.172 e. The molecule has 2 aromatic carbocycles. The van der Waals surface area contributed by atoms with Crippen LogP contribution in [0.2, 0.25) is 10.0 Å². The van der Waals surface area contributed by atoms with E-state index in [9.17, 15) is 0 Å². The Labute approximate surface area is 167 Å². The molecule has 0 atom stereocenters. The van der Waals surface area contributed by atoms with Crippen molar-refractivity contribution in [2.24, 2.45) is 0 Å². The van der Waals surface area contributed by atoms with Crippen LogP contribution in [0.5, 0.6) is 5.75 Å². The van der Waals surface area contributed by atoms with Crippen molar-refractivity contribution < 1.29 is 9.47 Å². The molecule has 0 bridgehead atoms. The van der Waals surface area contributed by atoms with Crippen LogP contribution in [0, 0.1) is 0 Å². The Morgan fingerprint density at radius 2 is 1.88 bits per heavy atom. The number of ether oxygens (including phenoxy) is 2. The van der Waals surface area contributed by atoms with E-state index < -0.39 is 0 Å². The van der Waals surface area contributed by atoms with E-state index in [4.69, 9.17) is 32.7 Å². The molecule has 7 heteroatoms. The average molecular weight is 409 g/mol. The lowest BCUT2D eigenvalue weighted by atomic mass is 10.2. The monoisotopic (exact) mass is 408 g/mol. The van der Waals surface area contributed by atoms with Gasteiger partial charge in [0, 0.05) is 31.3 Å². The summed E-state index contributed by atoms with van der Waals surface area (Å²) in [7, 11) is 1.62. The van der Waals surface area contributed by atoms with Gasteiger partial charge in [0.25, 0.3) is 0 Å². The smallest absolute Gasteiger partial charge is 0.172 e. The molecular formula is C19H18Cl2N2O2S. The summed E-state index contributed by atoms with van der Waals surface area (Å²) in [6, 6.07) is 13.8. The van der Waals surface area contributed by atoms with Crippen molar-refractivity contribution in [1.29, 1.82) is 0 Å². The van der Waals surface area contributed by atoms with Crippen LogP contribution in [0.4, 0.5) is 0 Å². The van der Waals surface area contributed by atoms with Crippen molar-refractivity contribution in [2.75, 3.05) is 20.3 Å². The second-order valence-corrected chi connectivity index (χ2v) is 7.19. The minimum atomic E-state index is 0.414. The number of imidazole rings is 1. The number of rotatable bonds is 8. The van der Waals surface area contributed by atoms with Crippen LogP contribution >= 0.6 is 35.0 Å². The van der Waals surface area contributed by atoms with Gasteiger partial charge in [-0.15, -0.1) is 0 Å². The van der Waals surface area contributed by atoms with E-state index in [0.29, 0.717) is 29.0 Å². The number of halogens is 2. The Morgan fingerprint density at radius 3 is 2.65 bits per heavy atom. The number of thioether (sulfide) groups is 1. The highest BCUT2D eigenvalue weighted by Crippen LogP contribution is 2.35. The van der Waals surface area contributed by atoms with Gasteiger partial charge in [0.2, 0.25) is 0 Å². The van der Waals surface area contributed by atoms with E-state index in [1.807, 2.05) is 35.0 Å². The maximum atomic E-state index is 6.42. The van der Waals surface area contributed by atoms with Crippen molar-refractivity contribution in [3.8, 4) is 11.4 Å². The van der Waals surface area contributed by atoms with Crippen LogP contribution in [0.3, 0.4) is 0 Å². The summed E-state index contributed by atoms with van der Waals surface area (Å²) in [6.45, 7) is 0.897. The fourth-order valence-corrected chi connectivity index (χ4v) is 3.80. The first-order valence-corrected chi connectivity index (χ1v) is 9.74. The third-order valence-corrected chi connectivity index (χ3v) is 5.26. The van der Waals surface area contributed by atoms with Crippen LogP contribution < -0.4 is 4.74 Å². The normalized spacial score (nSPS) is 10.9. The Hall–Kier alpha value is -1.66. The van der Waals surface area contributed by atoms with E-state index in [-0.39, 0.29) is 0 Å². The van der Waals surface area contributed by atoms with Gasteiger partial charge in [-0.05, 0) is 11.6 Å². The van der Waals surface area contributed by atoms with Crippen LogP contribution in [-0.2, 0) is 10.5 Å². The SMILES string of the molecule is COCCOc1cc(-n2ccnc2SCc2ccccc2)c(Cl)cc1Cl. The van der Waals surface area contributed by atoms with Gasteiger partial charge in [-0.2, -0.15) is 0 Å². The molecule has 1 aromatic heterocycles. The Balaban J connectivity index is 1.82. The molecule has 0 radical (unpaired) electrons. The summed E-state index contributed by atoms with van der Waals surface area (Å²) in [5.41, 5.74) is 2.01. The first-order chi connectivity index (χ1) is 12.7. The number of methoxy groups -OCH3 is 1. The lowest BCUT2D eigenvalue weighted by Gasteiger charge is -2.14. The third kappa shape index (κ3) is 4.74. The first kappa shape index (κ1) is 19.1. The number of benzene rings is 2. The van der Waals surface area contributed by atoms with E-state index >= 15 is 0 Å². The second-order valence-electron chi connectivity index (χ2n) is 5.43. The molecule has 136 valence electrons. The molecule has 1 heterocycles. The molecular weight excluding hydrogens is 391 g/mol. The van der Waals surface area contributed by atoms with Crippen molar-refractivity contribution in [3.05, 3.63) is 70.5 Å². The highest BCUT2D eigenvalue weighted by molar-refractivity contribution is 7.98. The molecule has 0 saturated carbocycles. The number of hydrogen-bond acceptors (Lipinski definition) is 4. The third-order valence-electron chi connectivity index (χ3n) is 3.62. The lowest BCUT2D eigenvalue weighted by Crippen LogP contribution is -2.05. The molecule has 0 saturated heterocycles. The molecule has 0 spiro atoms. The molecule has 0 aliphatic carbocycles. The predicted molar refractivity (Wildman–Crippen MR) is 107 cm³/mol. The van der Waals surface area contributed by atoms with Gasteiger partial charge in [-0.25, -0.2) is 4.98 Å². The highest BCUT2D eigenvalue weighted by atomic mass is 35.5. The molecule has 4 nitrogen and oxygen atoms in total. The van der Waals surface area contributed by atoms with Gasteiger partial charge in [-0.3, -0.25) is 4.57 Å². The summed E-state index contributed by atoms with van der Waals surface area (Å²) in [4.78, 5) is 4.45. The van der Waals surface area contributed by atoms with Crippen molar-refractivity contribution in [1.82, 2.24) is 9.55 Å². The van der Waals surface area contributed by atoms with E-state index in [0.717, 1.165) is 16.6 Å². The number of aromatic nitrogens is 2. The molecule has 26 heavy (non-hydrogen) atoms. The fourth-order valence-electron chi connectivity index (χ4n) is 2.35. The van der Waals surface area contributed by atoms with Gasteiger partial charge < -0.3 is 9.47 Å². The quantitative estimate of drug-likeness (QED) is 0.364. The predicted octanol–water partition coefficient (Wildman–Crippen LogP) is 5.50. The highest BCUT2D eigenvalue weighted by Gasteiger charge is 2.14. The molecule has 3 rings (SSSR count). The summed E-state index contributed by atoms with van der Waals surface area (Å²) in [5.74, 6) is 1.39. The van der Waals surface area contributed by atoms with Crippen molar-refractivity contribution in [3.63, 3.8) is 0 Å². The zero-order valence-corrected chi connectivity index (χ0v) is 16.5.